The molecule has 3 aliphatic rings. The molecule has 0 aromatic carbocycles. The molecule has 0 aromatic rings. The van der Waals surface area contributed by atoms with E-state index in [-0.39, 0.29) is 24.5 Å². The molecule has 1 aliphatic carbocycles. The number of alkyl halides is 1. The van der Waals surface area contributed by atoms with E-state index in [9.17, 15) is 18.8 Å². The number of fused-ring (bicyclic) bond motifs is 1. The summed E-state index contributed by atoms with van der Waals surface area (Å²) in [6.07, 6.45) is -0.602. The molecule has 2 heterocycles. The second kappa shape index (κ2) is 5.64. The van der Waals surface area contributed by atoms with Gasteiger partial charge in [0.25, 0.3) is 5.91 Å². The molecule has 8 heteroatoms. The molecule has 0 aromatic heterocycles. The third-order valence-corrected chi connectivity index (χ3v) is 5.17. The number of ketones is 1. The Kier molecular flexibility index (Phi) is 3.97. The minimum absolute atomic E-state index is 0.0732. The lowest BCUT2D eigenvalue weighted by Gasteiger charge is -2.46. The molecule has 2 aliphatic heterocycles. The molecule has 6 nitrogen and oxygen atoms in total. The van der Waals surface area contributed by atoms with Crippen molar-refractivity contribution in [3.05, 3.63) is 0 Å². The average molecular weight is 307 g/mol. The van der Waals surface area contributed by atoms with E-state index in [2.05, 4.69) is 5.32 Å². The third-order valence-electron chi connectivity index (χ3n) is 5.17. The summed E-state index contributed by atoms with van der Waals surface area (Å²) in [4.78, 5) is 38.0. The Hall–Kier alpha value is -1.44. The lowest BCUT2D eigenvalue weighted by Crippen LogP contribution is -2.60. The van der Waals surface area contributed by atoms with E-state index in [1.54, 1.807) is 4.90 Å². The van der Waals surface area contributed by atoms with Gasteiger partial charge in [0.2, 0.25) is 13.6 Å². The first-order valence-corrected chi connectivity index (χ1v) is 7.67. The number of hydrogen-bond donors (Lipinski definition) is 1. The van der Waals surface area contributed by atoms with Crippen molar-refractivity contribution >= 4 is 25.3 Å². The molecule has 1 saturated carbocycles. The Morgan fingerprint density at radius 1 is 1.32 bits per heavy atom. The topological polar surface area (TPSA) is 69.7 Å². The van der Waals surface area contributed by atoms with E-state index in [1.807, 2.05) is 11.8 Å². The van der Waals surface area contributed by atoms with Crippen molar-refractivity contribution < 1.29 is 18.8 Å². The zero-order valence-electron chi connectivity index (χ0n) is 12.5. The summed E-state index contributed by atoms with van der Waals surface area (Å²) in [6.45, 7) is 3.46. The van der Waals surface area contributed by atoms with E-state index in [1.165, 1.54) is 0 Å². The molecule has 2 saturated heterocycles. The predicted molar refractivity (Wildman–Crippen MR) is 77.2 cm³/mol. The molecule has 5 unspecified atom stereocenters. The van der Waals surface area contributed by atoms with Crippen LogP contribution in [0.2, 0.25) is 0 Å². The summed E-state index contributed by atoms with van der Waals surface area (Å²) < 4.78 is 14.5. The van der Waals surface area contributed by atoms with Crippen LogP contribution in [-0.2, 0) is 9.59 Å². The van der Waals surface area contributed by atoms with Gasteiger partial charge in [-0.3, -0.25) is 19.3 Å². The molecule has 0 spiro atoms. The first kappa shape index (κ1) is 15.5. The van der Waals surface area contributed by atoms with Crippen LogP contribution in [-0.4, -0.2) is 79.1 Å². The number of nitrogens with one attached hydrogen (secondary N) is 1. The molecule has 0 bridgehead atoms. The fourth-order valence-electron chi connectivity index (χ4n) is 3.99. The maximum atomic E-state index is 14.5. The van der Waals surface area contributed by atoms with Gasteiger partial charge in [0.15, 0.2) is 5.81 Å². The number of carbonyl (C=O) groups excluding carboxylic acids is 3. The van der Waals surface area contributed by atoms with Gasteiger partial charge in [-0.1, -0.05) is 0 Å². The van der Waals surface area contributed by atoms with Crippen LogP contribution in [0, 0.1) is 5.92 Å². The van der Waals surface area contributed by atoms with Gasteiger partial charge in [-0.05, 0) is 19.8 Å². The number of carbonyl (C=O) groups is 3. The number of Topliss-reactive ketones (excluding diaryl/α,β-unsaturated/α-hetero) is 1. The summed E-state index contributed by atoms with van der Waals surface area (Å²) in [5.74, 6) is -2.06. The molecule has 3 rings (SSSR count). The van der Waals surface area contributed by atoms with E-state index in [0.29, 0.717) is 26.1 Å². The maximum absolute atomic E-state index is 14.5. The number of amides is 2. The van der Waals surface area contributed by atoms with Crippen LogP contribution in [0.25, 0.3) is 0 Å². The molecule has 3 fully saturated rings. The molecule has 2 amide bonds. The highest BCUT2D eigenvalue weighted by Crippen LogP contribution is 2.34. The summed E-state index contributed by atoms with van der Waals surface area (Å²) >= 11 is 0. The summed E-state index contributed by atoms with van der Waals surface area (Å²) in [5.41, 5.74) is 0. The summed E-state index contributed by atoms with van der Waals surface area (Å²) in [5, 5.41) is 2.67. The predicted octanol–water partition coefficient (Wildman–Crippen LogP) is -0.535. The van der Waals surface area contributed by atoms with E-state index >= 15 is 0 Å². The van der Waals surface area contributed by atoms with Crippen molar-refractivity contribution in [3.63, 3.8) is 0 Å². The van der Waals surface area contributed by atoms with Gasteiger partial charge in [-0.25, -0.2) is 4.39 Å². The number of piperazine rings is 1. The highest BCUT2D eigenvalue weighted by Gasteiger charge is 2.49. The van der Waals surface area contributed by atoms with Crippen LogP contribution in [0.1, 0.15) is 19.8 Å². The molecule has 118 valence electrons. The number of rotatable bonds is 1. The Labute approximate surface area is 129 Å². The van der Waals surface area contributed by atoms with Crippen LogP contribution in [0.5, 0.6) is 0 Å². The zero-order valence-corrected chi connectivity index (χ0v) is 12.5. The summed E-state index contributed by atoms with van der Waals surface area (Å²) in [6, 6.07) is -0.664. The Balaban J connectivity index is 1.67. The molecule has 22 heavy (non-hydrogen) atoms. The van der Waals surface area contributed by atoms with Gasteiger partial charge in [0.05, 0.1) is 5.92 Å². The monoisotopic (exact) mass is 307 g/mol. The summed E-state index contributed by atoms with van der Waals surface area (Å²) in [7, 11) is 5.32. The van der Waals surface area contributed by atoms with Crippen LogP contribution in [0.3, 0.4) is 0 Å². The van der Waals surface area contributed by atoms with Gasteiger partial charge < -0.3 is 10.2 Å². The lowest BCUT2D eigenvalue weighted by atomic mass is 9.80. The second-order valence-corrected chi connectivity index (χ2v) is 6.48. The van der Waals surface area contributed by atoms with Crippen molar-refractivity contribution in [2.75, 3.05) is 19.6 Å². The largest absolute Gasteiger partial charge is 0.347 e. The molecule has 5 atom stereocenters. The fourth-order valence-corrected chi connectivity index (χ4v) is 3.99. The van der Waals surface area contributed by atoms with E-state index < -0.39 is 29.6 Å². The SMILES string of the molecule is [B]C(=O)N1CCN(C2CC3NC(=O)C(=O)C3CC2F)CC1C. The quantitative estimate of drug-likeness (QED) is 0.522. The van der Waals surface area contributed by atoms with Crippen molar-refractivity contribution in [1.82, 2.24) is 15.1 Å². The van der Waals surface area contributed by atoms with Crippen LogP contribution >= 0.6 is 0 Å². The van der Waals surface area contributed by atoms with Crippen molar-refractivity contribution in [2.45, 2.75) is 44.1 Å². The minimum atomic E-state index is -1.13. The van der Waals surface area contributed by atoms with Crippen molar-refractivity contribution in [2.24, 2.45) is 5.92 Å². The molecular formula is C14H19BFN3O3. The molecule has 2 radical (unpaired) electrons. The minimum Gasteiger partial charge on any atom is -0.347 e. The first-order chi connectivity index (χ1) is 10.4. The van der Waals surface area contributed by atoms with Crippen molar-refractivity contribution in [1.29, 1.82) is 0 Å². The Bertz CT molecular complexity index is 518. The van der Waals surface area contributed by atoms with Crippen LogP contribution in [0.4, 0.5) is 9.18 Å². The number of halogens is 1. The Morgan fingerprint density at radius 2 is 2.05 bits per heavy atom. The molecular weight excluding hydrogens is 288 g/mol. The van der Waals surface area contributed by atoms with Crippen molar-refractivity contribution in [3.8, 4) is 0 Å². The average Bonchev–Trinajstić information content (AvgIpc) is 2.73. The van der Waals surface area contributed by atoms with Gasteiger partial charge in [0, 0.05) is 37.8 Å². The van der Waals surface area contributed by atoms with Crippen LogP contribution in [0.15, 0.2) is 0 Å². The van der Waals surface area contributed by atoms with E-state index in [4.69, 9.17) is 7.85 Å². The van der Waals surface area contributed by atoms with E-state index in [0.717, 1.165) is 0 Å². The smallest absolute Gasteiger partial charge is 0.287 e. The van der Waals surface area contributed by atoms with Gasteiger partial charge in [0.1, 0.15) is 6.17 Å². The highest BCUT2D eigenvalue weighted by molar-refractivity contribution is 6.56. The zero-order chi connectivity index (χ0) is 16.0. The highest BCUT2D eigenvalue weighted by atomic mass is 19.1. The standard InChI is InChI=1S/C14H19BFN3O3/c1-7-6-18(2-3-19(7)14(15)22)11-5-10-8(4-9(11)16)12(20)13(21)17-10/h7-11H,2-6H2,1H3,(H,17,21). The number of nitrogens with zero attached hydrogens (tertiary/aromatic N) is 2. The van der Waals surface area contributed by atoms with Gasteiger partial charge in [-0.15, -0.1) is 0 Å². The first-order valence-electron chi connectivity index (χ1n) is 7.67. The van der Waals surface area contributed by atoms with Gasteiger partial charge >= 0.3 is 0 Å². The number of hydrogen-bond acceptors (Lipinski definition) is 4. The lowest BCUT2D eigenvalue weighted by molar-refractivity contribution is -0.137. The van der Waals surface area contributed by atoms with Gasteiger partial charge in [-0.2, -0.15) is 0 Å². The molecule has 1 N–H and O–H groups in total. The second-order valence-electron chi connectivity index (χ2n) is 6.48. The Morgan fingerprint density at radius 3 is 2.68 bits per heavy atom. The fraction of sp³-hybridized carbons (Fsp3) is 0.786. The maximum Gasteiger partial charge on any atom is 0.287 e. The normalized spacial score (nSPS) is 39.5. The van der Waals surface area contributed by atoms with Crippen LogP contribution < -0.4 is 5.32 Å². The third kappa shape index (κ3) is 2.53.